The molecule has 0 rings (SSSR count). The van der Waals surface area contributed by atoms with Crippen molar-refractivity contribution in [2.45, 2.75) is 53.9 Å². The van der Waals surface area contributed by atoms with Gasteiger partial charge < -0.3 is 10.6 Å². The van der Waals surface area contributed by atoms with Crippen LogP contribution in [-0.2, 0) is 9.59 Å². The van der Waals surface area contributed by atoms with E-state index in [4.69, 9.17) is 0 Å². The van der Waals surface area contributed by atoms with Crippen LogP contribution < -0.4 is 10.6 Å². The Morgan fingerprint density at radius 2 is 1.21 bits per heavy atom. The summed E-state index contributed by atoms with van der Waals surface area (Å²) in [5.74, 6) is -0.161. The molecule has 2 atom stereocenters. The Labute approximate surface area is 148 Å². The molecule has 0 bridgehead atoms. The highest BCUT2D eigenvalue weighted by Crippen LogP contribution is 1.96. The number of rotatable bonds is 8. The normalized spacial score (nSPS) is 12.8. The molecule has 140 valence electrons. The van der Waals surface area contributed by atoms with E-state index in [1.807, 2.05) is 32.8 Å². The van der Waals surface area contributed by atoms with Gasteiger partial charge in [-0.1, -0.05) is 27.0 Å². The summed E-state index contributed by atoms with van der Waals surface area (Å²) in [4.78, 5) is 26.4. The van der Waals surface area contributed by atoms with Crippen molar-refractivity contribution in [2.24, 2.45) is 0 Å². The highest BCUT2D eigenvalue weighted by molar-refractivity contribution is 5.92. The molecule has 0 fully saturated rings. The molecule has 0 aromatic carbocycles. The average molecular weight is 341 g/mol. The van der Waals surface area contributed by atoms with Crippen molar-refractivity contribution in [3.63, 3.8) is 0 Å². The van der Waals surface area contributed by atoms with E-state index < -0.39 is 0 Å². The average Bonchev–Trinajstić information content (AvgIpc) is 2.48. The van der Waals surface area contributed by atoms with Crippen LogP contribution in [0.15, 0.2) is 24.3 Å². The van der Waals surface area contributed by atoms with Gasteiger partial charge in [-0.05, 0) is 54.9 Å². The lowest BCUT2D eigenvalue weighted by molar-refractivity contribution is -0.119. The van der Waals surface area contributed by atoms with Crippen molar-refractivity contribution in [3.05, 3.63) is 24.3 Å². The smallest absolute Gasteiger partial charge is 0.247 e. The molecule has 0 aliphatic heterocycles. The zero-order valence-corrected chi connectivity index (χ0v) is 16.7. The van der Waals surface area contributed by atoms with E-state index in [1.54, 1.807) is 13.8 Å². The van der Waals surface area contributed by atoms with Crippen LogP contribution in [0, 0.1) is 0 Å². The van der Waals surface area contributed by atoms with E-state index in [0.717, 1.165) is 13.1 Å². The quantitative estimate of drug-likeness (QED) is 0.524. The summed E-state index contributed by atoms with van der Waals surface area (Å²) in [6.45, 7) is 20.5. The minimum absolute atomic E-state index is 0.0548. The summed E-state index contributed by atoms with van der Waals surface area (Å²) >= 11 is 0. The maximum Gasteiger partial charge on any atom is 0.247 e. The largest absolute Gasteiger partial charge is 0.337 e. The number of nitrogens with one attached hydrogen (secondary N) is 2. The molecule has 0 radical (unpaired) electrons. The van der Waals surface area contributed by atoms with Gasteiger partial charge in [-0.25, -0.2) is 0 Å². The molecule has 2 unspecified atom stereocenters. The summed E-state index contributed by atoms with van der Waals surface area (Å²) in [5, 5.41) is 5.63. The van der Waals surface area contributed by atoms with Gasteiger partial charge in [-0.3, -0.25) is 19.4 Å². The second-order valence-electron chi connectivity index (χ2n) is 6.04. The predicted molar refractivity (Wildman–Crippen MR) is 101 cm³/mol. The first-order valence-corrected chi connectivity index (χ1v) is 8.30. The van der Waals surface area contributed by atoms with E-state index in [9.17, 15) is 9.59 Å². The Hall–Kier alpha value is -1.66. The molecule has 0 aromatic rings. The fourth-order valence-corrected chi connectivity index (χ4v) is 1.62. The van der Waals surface area contributed by atoms with Crippen LogP contribution >= 0.6 is 0 Å². The Morgan fingerprint density at radius 1 is 0.875 bits per heavy atom. The molecule has 0 saturated heterocycles. The van der Waals surface area contributed by atoms with Crippen LogP contribution in [0.3, 0.4) is 0 Å². The van der Waals surface area contributed by atoms with Crippen LogP contribution in [0.4, 0.5) is 0 Å². The lowest BCUT2D eigenvalue weighted by atomic mass is 10.3. The first-order chi connectivity index (χ1) is 11.0. The number of carbonyl (C=O) groups is 2. The van der Waals surface area contributed by atoms with E-state index >= 15 is 0 Å². The second kappa shape index (κ2) is 12.7. The lowest BCUT2D eigenvalue weighted by Crippen LogP contribution is -2.46. The molecule has 0 spiro atoms. The van der Waals surface area contributed by atoms with Gasteiger partial charge in [0.1, 0.15) is 0 Å². The first kappa shape index (κ1) is 24.6. The number of hydrogen-bond acceptors (Lipinski definition) is 4. The van der Waals surface area contributed by atoms with Gasteiger partial charge in [-0.15, -0.1) is 0 Å². The first-order valence-electron chi connectivity index (χ1n) is 8.30. The van der Waals surface area contributed by atoms with Crippen LogP contribution in [0.2, 0.25) is 0 Å². The number of hydrogen-bond donors (Lipinski definition) is 2. The molecule has 0 aliphatic carbocycles. The van der Waals surface area contributed by atoms with Crippen molar-refractivity contribution in [2.75, 3.05) is 27.2 Å². The molecule has 0 aliphatic rings. The van der Waals surface area contributed by atoms with Crippen molar-refractivity contribution >= 4 is 11.8 Å². The lowest BCUT2D eigenvalue weighted by Gasteiger charge is -2.26. The zero-order valence-electron chi connectivity index (χ0n) is 16.7. The molecule has 0 aromatic heterocycles. The molecule has 0 heterocycles. The molecule has 24 heavy (non-hydrogen) atoms. The van der Waals surface area contributed by atoms with Gasteiger partial charge in [-0.2, -0.15) is 0 Å². The van der Waals surface area contributed by atoms with Gasteiger partial charge in [0.2, 0.25) is 11.8 Å². The molecule has 2 N–H and O–H groups in total. The summed E-state index contributed by atoms with van der Waals surface area (Å²) in [7, 11) is 3.81. The molecule has 6 heteroatoms. The molecule has 2 amide bonds. The van der Waals surface area contributed by atoms with Gasteiger partial charge in [0, 0.05) is 11.1 Å². The van der Waals surface area contributed by atoms with Crippen LogP contribution in [0.1, 0.15) is 41.5 Å². The van der Waals surface area contributed by atoms with Crippen molar-refractivity contribution in [1.82, 2.24) is 20.4 Å². The standard InChI is InChI=1S/C10H20N2O.C8H16N2O/c1-6-12(7-2)9(5)11-10(13)8(3)4;1-6(2)8(11)9-7(3)10(4)5/h9H,3,6-7H2,1-2,4-5H3,(H,11,13);7H,1H2,2-5H3,(H,9,11). The molecule has 0 saturated carbocycles. The van der Waals surface area contributed by atoms with Crippen LogP contribution in [-0.4, -0.2) is 61.1 Å². The Balaban J connectivity index is 0. The summed E-state index contributed by atoms with van der Waals surface area (Å²) in [6.07, 6.45) is 0.137. The van der Waals surface area contributed by atoms with Gasteiger partial charge in [0.05, 0.1) is 12.3 Å². The summed E-state index contributed by atoms with van der Waals surface area (Å²) in [6, 6.07) is 0. The van der Waals surface area contributed by atoms with Crippen molar-refractivity contribution < 1.29 is 9.59 Å². The Bertz CT molecular complexity index is 429. The SMILES string of the molecule is C=C(C)C(=O)NC(C)N(C)C.C=C(C)C(=O)NC(C)N(CC)CC. The van der Waals surface area contributed by atoms with E-state index in [1.165, 1.54) is 0 Å². The fourth-order valence-electron chi connectivity index (χ4n) is 1.62. The minimum Gasteiger partial charge on any atom is -0.337 e. The molecule has 6 nitrogen and oxygen atoms in total. The summed E-state index contributed by atoms with van der Waals surface area (Å²) in [5.41, 5.74) is 1.10. The van der Waals surface area contributed by atoms with Crippen LogP contribution in [0.5, 0.6) is 0 Å². The van der Waals surface area contributed by atoms with Gasteiger partial charge in [0.15, 0.2) is 0 Å². The number of nitrogens with zero attached hydrogens (tertiary/aromatic N) is 2. The zero-order chi connectivity index (χ0) is 19.4. The number of amides is 2. The third-order valence-electron chi connectivity index (χ3n) is 3.59. The molecular formula is C18H36N4O2. The molecular weight excluding hydrogens is 304 g/mol. The van der Waals surface area contributed by atoms with Crippen molar-refractivity contribution in [1.29, 1.82) is 0 Å². The highest BCUT2D eigenvalue weighted by Gasteiger charge is 2.12. The Kier molecular flexibility index (Phi) is 13.0. The number of carbonyl (C=O) groups excluding carboxylic acids is 2. The van der Waals surface area contributed by atoms with Gasteiger partial charge in [0.25, 0.3) is 0 Å². The topological polar surface area (TPSA) is 64.7 Å². The van der Waals surface area contributed by atoms with Crippen molar-refractivity contribution in [3.8, 4) is 0 Å². The third kappa shape index (κ3) is 11.0. The highest BCUT2D eigenvalue weighted by atomic mass is 16.2. The van der Waals surface area contributed by atoms with Gasteiger partial charge >= 0.3 is 0 Å². The third-order valence-corrected chi connectivity index (χ3v) is 3.59. The predicted octanol–water partition coefficient (Wildman–Crippen LogP) is 1.95. The maximum absolute atomic E-state index is 11.3. The van der Waals surface area contributed by atoms with E-state index in [0.29, 0.717) is 11.1 Å². The Morgan fingerprint density at radius 3 is 1.46 bits per heavy atom. The van der Waals surface area contributed by atoms with Crippen LogP contribution in [0.25, 0.3) is 0 Å². The fraction of sp³-hybridized carbons (Fsp3) is 0.667. The second-order valence-corrected chi connectivity index (χ2v) is 6.04. The maximum atomic E-state index is 11.3. The monoisotopic (exact) mass is 340 g/mol. The minimum atomic E-state index is -0.0915. The van der Waals surface area contributed by atoms with E-state index in [2.05, 4.69) is 42.5 Å². The summed E-state index contributed by atoms with van der Waals surface area (Å²) < 4.78 is 0. The van der Waals surface area contributed by atoms with E-state index in [-0.39, 0.29) is 24.1 Å².